The zero-order valence-electron chi connectivity index (χ0n) is 14.6. The van der Waals surface area contributed by atoms with Crippen molar-refractivity contribution >= 4 is 32.5 Å². The van der Waals surface area contributed by atoms with E-state index in [1.165, 1.54) is 12.0 Å². The minimum absolute atomic E-state index is 0.0395. The van der Waals surface area contributed by atoms with Crippen LogP contribution in [0.5, 0.6) is 0 Å². The number of nitrogens with one attached hydrogen (secondary N) is 2. The lowest BCUT2D eigenvalue weighted by molar-refractivity contribution is -0.0366. The maximum absolute atomic E-state index is 5.92. The molecule has 1 saturated heterocycles. The van der Waals surface area contributed by atoms with Crippen LogP contribution in [0.3, 0.4) is 0 Å². The largest absolute Gasteiger partial charge is 0.356 e. The molecule has 0 spiro atoms. The van der Waals surface area contributed by atoms with Gasteiger partial charge < -0.3 is 15.4 Å². The van der Waals surface area contributed by atoms with Gasteiger partial charge in [-0.2, -0.15) is 5.10 Å². The van der Waals surface area contributed by atoms with Crippen LogP contribution in [0.25, 0.3) is 10.9 Å². The molecule has 0 saturated carbocycles. The Balaban J connectivity index is 1.71. The summed E-state index contributed by atoms with van der Waals surface area (Å²) in [6, 6.07) is 4.27. The van der Waals surface area contributed by atoms with Gasteiger partial charge in [0.15, 0.2) is 10.8 Å². The van der Waals surface area contributed by atoms with Gasteiger partial charge in [-0.25, -0.2) is 4.68 Å². The lowest BCUT2D eigenvalue weighted by atomic mass is 10.1. The highest BCUT2D eigenvalue weighted by molar-refractivity contribution is 9.10. The van der Waals surface area contributed by atoms with Crippen molar-refractivity contribution in [1.29, 1.82) is 0 Å². The number of allylic oxidation sites excluding steroid dienone is 3. The van der Waals surface area contributed by atoms with Gasteiger partial charge in [0.05, 0.1) is 17.4 Å². The summed E-state index contributed by atoms with van der Waals surface area (Å²) in [6.45, 7) is 4.97. The number of ether oxygens (including phenoxy) is 1. The molecule has 5 nitrogen and oxygen atoms in total. The number of dihydropyridines is 1. The van der Waals surface area contributed by atoms with Gasteiger partial charge in [-0.05, 0) is 72.8 Å². The third-order valence-electron chi connectivity index (χ3n) is 4.78. The fourth-order valence-electron chi connectivity index (χ4n) is 3.49. The summed E-state index contributed by atoms with van der Waals surface area (Å²) in [4.78, 5) is 0. The number of anilines is 1. The number of hydrogen-bond acceptors (Lipinski definition) is 4. The van der Waals surface area contributed by atoms with Crippen LogP contribution in [-0.4, -0.2) is 21.0 Å². The van der Waals surface area contributed by atoms with E-state index in [-0.39, 0.29) is 6.23 Å². The molecule has 2 aliphatic heterocycles. The van der Waals surface area contributed by atoms with Crippen molar-refractivity contribution in [2.75, 3.05) is 11.9 Å². The van der Waals surface area contributed by atoms with Gasteiger partial charge in [0.1, 0.15) is 0 Å². The van der Waals surface area contributed by atoms with E-state index >= 15 is 0 Å². The zero-order chi connectivity index (χ0) is 17.4. The van der Waals surface area contributed by atoms with Crippen molar-refractivity contribution in [3.63, 3.8) is 0 Å². The Labute approximate surface area is 156 Å². The van der Waals surface area contributed by atoms with Crippen molar-refractivity contribution in [2.45, 2.75) is 43.9 Å². The Hall–Kier alpha value is -1.79. The predicted octanol–water partition coefficient (Wildman–Crippen LogP) is 4.57. The number of hydrogen-bond donors (Lipinski definition) is 2. The van der Waals surface area contributed by atoms with Crippen LogP contribution in [0.2, 0.25) is 0 Å². The Morgan fingerprint density at radius 2 is 2.24 bits per heavy atom. The number of benzene rings is 1. The molecular formula is C19H23BrN4O. The number of alkyl halides is 1. The average Bonchev–Trinajstić information content (AvgIpc) is 3.02. The molecule has 2 aromatic rings. The first-order chi connectivity index (χ1) is 12.1. The van der Waals surface area contributed by atoms with Gasteiger partial charge >= 0.3 is 0 Å². The van der Waals surface area contributed by atoms with Gasteiger partial charge in [-0.1, -0.05) is 12.1 Å². The van der Waals surface area contributed by atoms with Gasteiger partial charge in [0, 0.05) is 17.7 Å². The van der Waals surface area contributed by atoms with Crippen molar-refractivity contribution < 1.29 is 4.74 Å². The van der Waals surface area contributed by atoms with E-state index in [9.17, 15) is 0 Å². The lowest BCUT2D eigenvalue weighted by Gasteiger charge is -2.32. The SMILES string of the molecule is CC1=CC=CC(Br)(Nc2c(C)ccc3c2cnn3C2CCCCO2)N1. The summed E-state index contributed by atoms with van der Waals surface area (Å²) in [7, 11) is 0. The van der Waals surface area contributed by atoms with Crippen LogP contribution in [0.1, 0.15) is 38.0 Å². The maximum atomic E-state index is 5.92. The molecule has 0 bridgehead atoms. The summed E-state index contributed by atoms with van der Waals surface area (Å²) < 4.78 is 7.44. The summed E-state index contributed by atoms with van der Waals surface area (Å²) in [5.41, 5.74) is 4.45. The van der Waals surface area contributed by atoms with Crippen molar-refractivity contribution in [3.05, 3.63) is 47.8 Å². The first-order valence-corrected chi connectivity index (χ1v) is 9.55. The molecule has 0 amide bonds. The fourth-order valence-corrected chi connectivity index (χ4v) is 4.16. The highest BCUT2D eigenvalue weighted by Gasteiger charge is 2.27. The van der Waals surface area contributed by atoms with Crippen molar-refractivity contribution in [2.24, 2.45) is 0 Å². The van der Waals surface area contributed by atoms with Crippen LogP contribution < -0.4 is 10.6 Å². The number of fused-ring (bicyclic) bond motifs is 1. The molecule has 3 heterocycles. The standard InChI is InChI=1S/C19H23BrN4O/c1-13-8-9-16-15(12-21-24(16)17-7-3-4-11-25-17)18(13)23-19(20)10-5-6-14(2)22-19/h5-6,8-10,12,17,22-23H,3-4,7,11H2,1-2H3. The highest BCUT2D eigenvalue weighted by Crippen LogP contribution is 2.34. The smallest absolute Gasteiger partial charge is 0.185 e. The van der Waals surface area contributed by atoms with Crippen molar-refractivity contribution in [3.8, 4) is 0 Å². The highest BCUT2D eigenvalue weighted by atomic mass is 79.9. The summed E-state index contributed by atoms with van der Waals surface area (Å²) in [6.07, 6.45) is 11.5. The van der Waals surface area contributed by atoms with Gasteiger partial charge in [0.25, 0.3) is 0 Å². The van der Waals surface area contributed by atoms with E-state index in [4.69, 9.17) is 4.74 Å². The third-order valence-corrected chi connectivity index (χ3v) is 5.44. The number of aryl methyl sites for hydroxylation is 1. The second-order valence-corrected chi connectivity index (χ2v) is 8.02. The zero-order valence-corrected chi connectivity index (χ0v) is 16.1. The van der Waals surface area contributed by atoms with Crippen molar-refractivity contribution in [1.82, 2.24) is 15.1 Å². The van der Waals surface area contributed by atoms with E-state index < -0.39 is 4.57 Å². The van der Waals surface area contributed by atoms with Gasteiger partial charge in [-0.15, -0.1) is 0 Å². The Kier molecular flexibility index (Phi) is 4.33. The van der Waals surface area contributed by atoms with E-state index in [1.807, 2.05) is 30.0 Å². The van der Waals surface area contributed by atoms with E-state index in [2.05, 4.69) is 56.8 Å². The van der Waals surface area contributed by atoms with E-state index in [0.29, 0.717) is 0 Å². The molecule has 132 valence electrons. The quantitative estimate of drug-likeness (QED) is 0.583. The van der Waals surface area contributed by atoms with Crippen LogP contribution in [-0.2, 0) is 4.74 Å². The molecule has 1 aromatic carbocycles. The average molecular weight is 403 g/mol. The topological polar surface area (TPSA) is 51.1 Å². The first-order valence-electron chi connectivity index (χ1n) is 8.75. The van der Waals surface area contributed by atoms with Gasteiger partial charge in [0.2, 0.25) is 0 Å². The maximum Gasteiger partial charge on any atom is 0.185 e. The van der Waals surface area contributed by atoms with Crippen LogP contribution >= 0.6 is 15.9 Å². The molecule has 1 aromatic heterocycles. The Morgan fingerprint density at radius 1 is 1.36 bits per heavy atom. The Morgan fingerprint density at radius 3 is 3.00 bits per heavy atom. The second-order valence-electron chi connectivity index (χ2n) is 6.77. The van der Waals surface area contributed by atoms with E-state index in [1.54, 1.807) is 0 Å². The summed E-state index contributed by atoms with van der Waals surface area (Å²) in [5, 5.41) is 12.8. The third kappa shape index (κ3) is 3.20. The van der Waals surface area contributed by atoms with Gasteiger partial charge in [-0.3, -0.25) is 0 Å². The van der Waals surface area contributed by atoms with Crippen LogP contribution in [0, 0.1) is 6.92 Å². The molecule has 4 rings (SSSR count). The first kappa shape index (κ1) is 16.7. The molecule has 6 heteroatoms. The molecule has 0 radical (unpaired) electrons. The summed E-state index contributed by atoms with van der Waals surface area (Å²) in [5.74, 6) is 0. The molecule has 2 N–H and O–H groups in total. The number of nitrogens with zero attached hydrogens (tertiary/aromatic N) is 2. The van der Waals surface area contributed by atoms with Crippen LogP contribution in [0.4, 0.5) is 5.69 Å². The predicted molar refractivity (Wildman–Crippen MR) is 105 cm³/mol. The normalized spacial score (nSPS) is 26.4. The molecule has 2 aliphatic rings. The van der Waals surface area contributed by atoms with Crippen LogP contribution in [0.15, 0.2) is 42.3 Å². The molecule has 2 unspecified atom stereocenters. The lowest BCUT2D eigenvalue weighted by Crippen LogP contribution is -2.45. The monoisotopic (exact) mass is 402 g/mol. The minimum atomic E-state index is -0.506. The molecule has 25 heavy (non-hydrogen) atoms. The second kappa shape index (κ2) is 6.50. The number of halogens is 1. The summed E-state index contributed by atoms with van der Waals surface area (Å²) >= 11 is 3.77. The minimum Gasteiger partial charge on any atom is -0.356 e. The Bertz CT molecular complexity index is 850. The molecule has 1 fully saturated rings. The number of rotatable bonds is 3. The fraction of sp³-hybridized carbons (Fsp3) is 0.421. The van der Waals surface area contributed by atoms with E-state index in [0.717, 1.165) is 41.7 Å². The molecule has 0 aliphatic carbocycles. The molecular weight excluding hydrogens is 380 g/mol. The molecule has 2 atom stereocenters. The number of aromatic nitrogens is 2.